The normalized spacial score (nSPS) is 16.1. The van der Waals surface area contributed by atoms with E-state index in [9.17, 15) is 13.2 Å². The highest BCUT2D eigenvalue weighted by atomic mass is 32.2. The first kappa shape index (κ1) is 20.9. The van der Waals surface area contributed by atoms with Gasteiger partial charge in [-0.25, -0.2) is 13.2 Å². The van der Waals surface area contributed by atoms with Crippen molar-refractivity contribution in [2.45, 2.75) is 23.1 Å². The van der Waals surface area contributed by atoms with Crippen molar-refractivity contribution in [2.75, 3.05) is 13.1 Å². The van der Waals surface area contributed by atoms with Gasteiger partial charge in [-0.1, -0.05) is 48.5 Å². The molecule has 31 heavy (non-hydrogen) atoms. The molecule has 7 heteroatoms. The van der Waals surface area contributed by atoms with E-state index >= 15 is 0 Å². The maximum atomic E-state index is 12.8. The molecule has 1 heterocycles. The van der Waals surface area contributed by atoms with Crippen LogP contribution in [0, 0.1) is 0 Å². The molecular formula is C24H24N2O4S. The van der Waals surface area contributed by atoms with Crippen molar-refractivity contribution in [2.24, 2.45) is 0 Å². The van der Waals surface area contributed by atoms with Gasteiger partial charge in [0.05, 0.1) is 10.1 Å². The number of ether oxygens (including phenoxy) is 1. The number of urea groups is 1. The molecule has 1 fully saturated rings. The Bertz CT molecular complexity index is 1120. The summed E-state index contributed by atoms with van der Waals surface area (Å²) < 4.78 is 31.3. The molecule has 0 bridgehead atoms. The number of carbonyl (C=O) groups is 1. The van der Waals surface area contributed by atoms with Gasteiger partial charge in [-0.3, -0.25) is 0 Å². The van der Waals surface area contributed by atoms with Gasteiger partial charge in [0.25, 0.3) is 0 Å². The van der Waals surface area contributed by atoms with E-state index in [0.29, 0.717) is 24.4 Å². The molecule has 1 N–H and O–H groups in total. The molecule has 1 atom stereocenters. The number of sulfone groups is 1. The average molecular weight is 437 g/mol. The largest absolute Gasteiger partial charge is 0.457 e. The van der Waals surface area contributed by atoms with Gasteiger partial charge in [-0.15, -0.1) is 0 Å². The van der Waals surface area contributed by atoms with E-state index in [-0.39, 0.29) is 12.6 Å². The van der Waals surface area contributed by atoms with Gasteiger partial charge >= 0.3 is 6.03 Å². The molecule has 3 aromatic rings. The summed E-state index contributed by atoms with van der Waals surface area (Å²) in [4.78, 5) is 14.4. The van der Waals surface area contributed by atoms with Gasteiger partial charge in [0.1, 0.15) is 11.5 Å². The maximum Gasteiger partial charge on any atom is 0.317 e. The Morgan fingerprint density at radius 1 is 0.903 bits per heavy atom. The van der Waals surface area contributed by atoms with Crippen LogP contribution in [0.1, 0.15) is 12.0 Å². The molecule has 1 aliphatic rings. The lowest BCUT2D eigenvalue weighted by molar-refractivity contribution is 0.208. The van der Waals surface area contributed by atoms with E-state index in [0.717, 1.165) is 17.1 Å². The van der Waals surface area contributed by atoms with Gasteiger partial charge < -0.3 is 15.0 Å². The van der Waals surface area contributed by atoms with Gasteiger partial charge in [-0.2, -0.15) is 0 Å². The highest BCUT2D eigenvalue weighted by molar-refractivity contribution is 7.92. The summed E-state index contributed by atoms with van der Waals surface area (Å²) in [7, 11) is -3.44. The number of rotatable bonds is 6. The van der Waals surface area contributed by atoms with Crippen LogP contribution in [-0.2, 0) is 16.4 Å². The SMILES string of the molecule is O=C(NCc1ccc(Oc2ccccc2)cc1)N1CCC(S(=O)(=O)c2ccccc2)C1. The van der Waals surface area contributed by atoms with Crippen LogP contribution in [0.15, 0.2) is 89.8 Å². The van der Waals surface area contributed by atoms with Crippen LogP contribution in [-0.4, -0.2) is 37.7 Å². The van der Waals surface area contributed by atoms with Gasteiger partial charge in [-0.05, 0) is 48.4 Å². The number of nitrogens with zero attached hydrogens (tertiary/aromatic N) is 1. The van der Waals surface area contributed by atoms with Crippen molar-refractivity contribution in [3.63, 3.8) is 0 Å². The fraction of sp³-hybridized carbons (Fsp3) is 0.208. The Hall–Kier alpha value is -3.32. The summed E-state index contributed by atoms with van der Waals surface area (Å²) >= 11 is 0. The Morgan fingerprint density at radius 3 is 2.19 bits per heavy atom. The molecule has 2 amide bonds. The number of hydrogen-bond acceptors (Lipinski definition) is 4. The number of nitrogens with one attached hydrogen (secondary N) is 1. The minimum Gasteiger partial charge on any atom is -0.457 e. The van der Waals surface area contributed by atoms with Crippen molar-refractivity contribution >= 4 is 15.9 Å². The molecule has 160 valence electrons. The number of amides is 2. The second-order valence-corrected chi connectivity index (χ2v) is 9.66. The van der Waals surface area contributed by atoms with Crippen molar-refractivity contribution in [1.82, 2.24) is 10.2 Å². The molecule has 1 aliphatic heterocycles. The fourth-order valence-corrected chi connectivity index (χ4v) is 5.27. The summed E-state index contributed by atoms with van der Waals surface area (Å²) in [5.74, 6) is 1.48. The number of benzene rings is 3. The molecular weight excluding hydrogens is 412 g/mol. The van der Waals surface area contributed by atoms with Crippen LogP contribution in [0.2, 0.25) is 0 Å². The van der Waals surface area contributed by atoms with E-state index in [4.69, 9.17) is 4.74 Å². The number of carbonyl (C=O) groups excluding carboxylic acids is 1. The number of likely N-dealkylation sites (tertiary alicyclic amines) is 1. The quantitative estimate of drug-likeness (QED) is 0.627. The minimum absolute atomic E-state index is 0.201. The topological polar surface area (TPSA) is 75.7 Å². The van der Waals surface area contributed by atoms with E-state index < -0.39 is 15.1 Å². The molecule has 0 spiro atoms. The van der Waals surface area contributed by atoms with Crippen LogP contribution in [0.25, 0.3) is 0 Å². The molecule has 1 unspecified atom stereocenters. The van der Waals surface area contributed by atoms with E-state index in [1.54, 1.807) is 35.2 Å². The molecule has 0 aromatic heterocycles. The zero-order valence-electron chi connectivity index (χ0n) is 17.0. The van der Waals surface area contributed by atoms with Crippen molar-refractivity contribution in [1.29, 1.82) is 0 Å². The lowest BCUT2D eigenvalue weighted by Crippen LogP contribution is -2.39. The molecule has 4 rings (SSSR count). The highest BCUT2D eigenvalue weighted by Crippen LogP contribution is 2.24. The zero-order valence-corrected chi connectivity index (χ0v) is 17.8. The van der Waals surface area contributed by atoms with Gasteiger partial charge in [0.2, 0.25) is 0 Å². The molecule has 3 aromatic carbocycles. The summed E-state index contributed by atoms with van der Waals surface area (Å²) in [5, 5.41) is 2.30. The maximum absolute atomic E-state index is 12.8. The smallest absolute Gasteiger partial charge is 0.317 e. The van der Waals surface area contributed by atoms with E-state index in [2.05, 4.69) is 5.32 Å². The number of hydrogen-bond donors (Lipinski definition) is 1. The van der Waals surface area contributed by atoms with Crippen LogP contribution in [0.5, 0.6) is 11.5 Å². The lowest BCUT2D eigenvalue weighted by Gasteiger charge is -2.18. The Labute approximate surface area is 182 Å². The monoisotopic (exact) mass is 436 g/mol. The zero-order chi connectivity index (χ0) is 21.7. The van der Waals surface area contributed by atoms with Gasteiger partial charge in [0.15, 0.2) is 9.84 Å². The first-order valence-electron chi connectivity index (χ1n) is 10.2. The van der Waals surface area contributed by atoms with Crippen molar-refractivity contribution in [3.8, 4) is 11.5 Å². The highest BCUT2D eigenvalue weighted by Gasteiger charge is 2.35. The average Bonchev–Trinajstić information content (AvgIpc) is 3.31. The fourth-order valence-electron chi connectivity index (χ4n) is 3.56. The van der Waals surface area contributed by atoms with E-state index in [1.807, 2.05) is 54.6 Å². The van der Waals surface area contributed by atoms with Crippen LogP contribution in [0.4, 0.5) is 4.79 Å². The van der Waals surface area contributed by atoms with Gasteiger partial charge in [0, 0.05) is 19.6 Å². The standard InChI is InChI=1S/C24H24N2O4S/c27-24(26-16-15-23(18-26)31(28,29)22-9-5-2-6-10-22)25-17-19-11-13-21(14-12-19)30-20-7-3-1-4-8-20/h1-14,23H,15-18H2,(H,25,27). The third kappa shape index (κ3) is 5.06. The minimum atomic E-state index is -3.44. The second-order valence-electron chi connectivity index (χ2n) is 7.43. The predicted octanol–water partition coefficient (Wildman–Crippen LogP) is 4.24. The Morgan fingerprint density at radius 2 is 1.52 bits per heavy atom. The van der Waals surface area contributed by atoms with E-state index in [1.165, 1.54) is 0 Å². The van der Waals surface area contributed by atoms with Crippen molar-refractivity contribution in [3.05, 3.63) is 90.5 Å². The molecule has 0 aliphatic carbocycles. The third-order valence-electron chi connectivity index (χ3n) is 5.29. The summed E-state index contributed by atoms with van der Waals surface area (Å²) in [5.41, 5.74) is 0.932. The second kappa shape index (κ2) is 9.22. The van der Waals surface area contributed by atoms with Crippen LogP contribution in [0.3, 0.4) is 0 Å². The molecule has 1 saturated heterocycles. The summed E-state index contributed by atoms with van der Waals surface area (Å²) in [6.45, 7) is 0.983. The Balaban J connectivity index is 1.29. The van der Waals surface area contributed by atoms with Crippen molar-refractivity contribution < 1.29 is 17.9 Å². The molecule has 0 radical (unpaired) electrons. The number of para-hydroxylation sites is 1. The first-order chi connectivity index (χ1) is 15.0. The molecule has 6 nitrogen and oxygen atoms in total. The summed E-state index contributed by atoms with van der Waals surface area (Å²) in [6.07, 6.45) is 0.441. The third-order valence-corrected chi connectivity index (χ3v) is 7.48. The Kier molecular flexibility index (Phi) is 6.23. The lowest BCUT2D eigenvalue weighted by atomic mass is 10.2. The predicted molar refractivity (Wildman–Crippen MR) is 119 cm³/mol. The summed E-state index contributed by atoms with van der Waals surface area (Å²) in [6, 6.07) is 25.2. The van der Waals surface area contributed by atoms with Crippen LogP contribution >= 0.6 is 0 Å². The molecule has 0 saturated carbocycles. The van der Waals surface area contributed by atoms with Crippen LogP contribution < -0.4 is 10.1 Å². The first-order valence-corrected chi connectivity index (χ1v) is 11.7.